The highest BCUT2D eigenvalue weighted by Crippen LogP contribution is 2.41. The number of benzene rings is 3. The number of aromatic hydroxyl groups is 1. The summed E-state index contributed by atoms with van der Waals surface area (Å²) >= 11 is 7.24. The predicted molar refractivity (Wildman–Crippen MR) is 126 cm³/mol. The third-order valence-corrected chi connectivity index (χ3v) is 6.59. The lowest BCUT2D eigenvalue weighted by Crippen LogP contribution is -2.14. The largest absolute Gasteiger partial charge is 0.506 e. The van der Waals surface area contributed by atoms with E-state index >= 15 is 0 Å². The number of aromatic nitrogens is 1. The van der Waals surface area contributed by atoms with E-state index < -0.39 is 32.7 Å². The second kappa shape index (κ2) is 8.67. The summed E-state index contributed by atoms with van der Waals surface area (Å²) in [5.41, 5.74) is 0.753. The van der Waals surface area contributed by atoms with Gasteiger partial charge in [-0.15, -0.1) is 10.2 Å². The Morgan fingerprint density at radius 1 is 1.21 bits per heavy atom. The quantitative estimate of drug-likeness (QED) is 0.273. The van der Waals surface area contributed by atoms with E-state index in [1.807, 2.05) is 0 Å². The second-order valence-corrected chi connectivity index (χ2v) is 10.3. The maximum Gasteiger partial charge on any atom is 0.339 e. The smallest absolute Gasteiger partial charge is 0.339 e. The number of carbonyl (C=O) groups excluding carboxylic acids is 1. The van der Waals surface area contributed by atoms with E-state index in [1.54, 1.807) is 32.0 Å². The topological polar surface area (TPSA) is 144 Å². The minimum atomic E-state index is -4.30. The summed E-state index contributed by atoms with van der Waals surface area (Å²) in [6.45, 7) is 3.39. The molecule has 4 aromatic rings. The maximum atomic E-state index is 12.7. The maximum absolute atomic E-state index is 12.7. The zero-order valence-electron chi connectivity index (χ0n) is 17.3. The number of hydrogen-bond acceptors (Lipinski definition) is 9. The zero-order chi connectivity index (χ0) is 23.9. The molecule has 0 spiro atoms. The molecule has 0 atom stereocenters. The fourth-order valence-corrected chi connectivity index (χ4v) is 4.91. The van der Waals surface area contributed by atoms with E-state index in [-0.39, 0.29) is 27.2 Å². The number of halogens is 1. The molecule has 0 radical (unpaired) electrons. The van der Waals surface area contributed by atoms with Crippen LogP contribution in [0.4, 0.5) is 10.8 Å². The molecule has 170 valence electrons. The molecule has 1 heterocycles. The summed E-state index contributed by atoms with van der Waals surface area (Å²) in [7, 11) is -4.30. The van der Waals surface area contributed by atoms with Crippen LogP contribution in [0.2, 0.25) is 5.02 Å². The van der Waals surface area contributed by atoms with Crippen LogP contribution in [0.1, 0.15) is 24.2 Å². The van der Waals surface area contributed by atoms with Gasteiger partial charge in [0, 0.05) is 15.8 Å². The van der Waals surface area contributed by atoms with Gasteiger partial charge in [-0.3, -0.25) is 0 Å². The Bertz CT molecular complexity index is 1550. The highest BCUT2D eigenvalue weighted by molar-refractivity contribution is 7.89. The van der Waals surface area contributed by atoms with Gasteiger partial charge in [0.05, 0.1) is 27.6 Å². The third kappa shape index (κ3) is 4.67. The number of primary sulfonamides is 1. The number of sulfonamides is 1. The first kappa shape index (κ1) is 23.1. The van der Waals surface area contributed by atoms with Gasteiger partial charge in [0.15, 0.2) is 0 Å². The summed E-state index contributed by atoms with van der Waals surface area (Å²) in [5.74, 6) is -1.26. The number of thiazole rings is 1. The van der Waals surface area contributed by atoms with Crippen molar-refractivity contribution in [2.45, 2.75) is 24.8 Å². The Balaban J connectivity index is 1.94. The van der Waals surface area contributed by atoms with Crippen molar-refractivity contribution in [2.75, 3.05) is 0 Å². The van der Waals surface area contributed by atoms with Crippen LogP contribution in [0.5, 0.6) is 5.75 Å². The molecule has 4 rings (SSSR count). The van der Waals surface area contributed by atoms with Crippen molar-refractivity contribution in [3.63, 3.8) is 0 Å². The van der Waals surface area contributed by atoms with Crippen LogP contribution in [-0.4, -0.2) is 30.6 Å². The van der Waals surface area contributed by atoms with Gasteiger partial charge in [0.2, 0.25) is 15.2 Å². The first-order valence-electron chi connectivity index (χ1n) is 9.55. The summed E-state index contributed by atoms with van der Waals surface area (Å²) in [6, 6.07) is 10.7. The Hall–Kier alpha value is -3.12. The number of azo groups is 1. The molecule has 0 saturated heterocycles. The molecule has 1 aromatic heterocycles. The van der Waals surface area contributed by atoms with E-state index in [0.29, 0.717) is 10.5 Å². The minimum absolute atomic E-state index is 0.000389. The van der Waals surface area contributed by atoms with Crippen molar-refractivity contribution in [3.8, 4) is 5.75 Å². The number of nitrogens with two attached hydrogens (primary N) is 1. The molecule has 0 unspecified atom stereocenters. The molecule has 0 aliphatic heterocycles. The summed E-state index contributed by atoms with van der Waals surface area (Å²) in [4.78, 5) is 16.5. The molecule has 0 bridgehead atoms. The Morgan fingerprint density at radius 2 is 1.97 bits per heavy atom. The van der Waals surface area contributed by atoms with Crippen molar-refractivity contribution >= 4 is 70.7 Å². The minimum Gasteiger partial charge on any atom is -0.506 e. The lowest BCUT2D eigenvalue weighted by molar-refractivity contribution is 0.0380. The van der Waals surface area contributed by atoms with Crippen LogP contribution in [0.3, 0.4) is 0 Å². The van der Waals surface area contributed by atoms with Crippen molar-refractivity contribution in [1.82, 2.24) is 4.98 Å². The normalized spacial score (nSPS) is 12.3. The molecule has 12 heteroatoms. The van der Waals surface area contributed by atoms with Gasteiger partial charge in [-0.1, -0.05) is 35.1 Å². The molecule has 9 nitrogen and oxygen atoms in total. The lowest BCUT2D eigenvalue weighted by Gasteiger charge is -2.13. The van der Waals surface area contributed by atoms with Crippen molar-refractivity contribution < 1.29 is 23.1 Å². The highest BCUT2D eigenvalue weighted by atomic mass is 35.5. The van der Waals surface area contributed by atoms with Gasteiger partial charge < -0.3 is 9.84 Å². The van der Waals surface area contributed by atoms with Gasteiger partial charge in [0.25, 0.3) is 0 Å². The van der Waals surface area contributed by atoms with Gasteiger partial charge in [-0.05, 0) is 44.2 Å². The molecule has 0 aliphatic rings. The van der Waals surface area contributed by atoms with E-state index in [0.717, 1.165) is 10.8 Å². The fraction of sp³-hybridized carbons (Fsp3) is 0.143. The SMILES string of the molecule is CC(C)OC(=O)c1cccc2c(O)c(S(N)(=O)=O)cc(N=Nc3nc4ccc(Cl)cc4s3)c12. The molecule has 0 saturated carbocycles. The molecule has 3 N–H and O–H groups in total. The predicted octanol–water partition coefficient (Wildman–Crippen LogP) is 5.44. The Kier molecular flexibility index (Phi) is 6.06. The fourth-order valence-electron chi connectivity index (χ4n) is 3.19. The average Bonchev–Trinajstić information content (AvgIpc) is 3.13. The Morgan fingerprint density at radius 3 is 2.67 bits per heavy atom. The lowest BCUT2D eigenvalue weighted by atomic mass is 10.0. The zero-order valence-corrected chi connectivity index (χ0v) is 19.7. The first-order chi connectivity index (χ1) is 15.5. The van der Waals surface area contributed by atoms with Crippen LogP contribution in [0.25, 0.3) is 21.0 Å². The molecule has 0 aliphatic carbocycles. The summed E-state index contributed by atoms with van der Waals surface area (Å²) < 4.78 is 30.2. The van der Waals surface area contributed by atoms with Crippen LogP contribution in [-0.2, 0) is 14.8 Å². The van der Waals surface area contributed by atoms with E-state index in [9.17, 15) is 18.3 Å². The van der Waals surface area contributed by atoms with Crippen LogP contribution in [0, 0.1) is 0 Å². The van der Waals surface area contributed by atoms with E-state index in [2.05, 4.69) is 15.2 Å². The number of rotatable bonds is 5. The van der Waals surface area contributed by atoms with Crippen molar-refractivity contribution in [3.05, 3.63) is 53.1 Å². The van der Waals surface area contributed by atoms with Crippen LogP contribution < -0.4 is 5.14 Å². The van der Waals surface area contributed by atoms with Crippen molar-refractivity contribution in [2.24, 2.45) is 15.4 Å². The standard InChI is InChI=1S/C21H17ClN4O5S2/c1-10(2)31-20(28)13-5-3-4-12-18(13)15(9-17(19(12)27)33(23,29)30)25-26-21-24-14-7-6-11(22)8-16(14)32-21/h3-10,27H,1-2H3,(H2,23,29,30). The monoisotopic (exact) mass is 504 g/mol. The number of carbonyl (C=O) groups is 1. The Labute approximate surface area is 197 Å². The molecule has 33 heavy (non-hydrogen) atoms. The van der Waals surface area contributed by atoms with Crippen molar-refractivity contribution in [1.29, 1.82) is 0 Å². The number of nitrogens with zero attached hydrogens (tertiary/aromatic N) is 3. The van der Waals surface area contributed by atoms with Gasteiger partial charge in [0.1, 0.15) is 10.6 Å². The van der Waals surface area contributed by atoms with Gasteiger partial charge in [-0.25, -0.2) is 23.3 Å². The second-order valence-electron chi connectivity index (χ2n) is 7.28. The summed E-state index contributed by atoms with van der Waals surface area (Å²) in [6.07, 6.45) is -0.398. The average molecular weight is 505 g/mol. The number of phenolic OH excluding ortho intramolecular Hbond substituents is 1. The number of ether oxygens (including phenoxy) is 1. The number of fused-ring (bicyclic) bond motifs is 2. The number of esters is 1. The summed E-state index contributed by atoms with van der Waals surface area (Å²) in [5, 5.41) is 25.2. The number of phenols is 1. The molecule has 0 fully saturated rings. The molecular formula is C21H17ClN4O5S2. The molecular weight excluding hydrogens is 488 g/mol. The van der Waals surface area contributed by atoms with Gasteiger partial charge >= 0.3 is 5.97 Å². The van der Waals surface area contributed by atoms with Crippen LogP contribution >= 0.6 is 22.9 Å². The third-order valence-electron chi connectivity index (χ3n) is 4.53. The molecule has 0 amide bonds. The molecule has 3 aromatic carbocycles. The first-order valence-corrected chi connectivity index (χ1v) is 12.3. The van der Waals surface area contributed by atoms with E-state index in [1.165, 1.54) is 29.5 Å². The van der Waals surface area contributed by atoms with E-state index in [4.69, 9.17) is 21.5 Å². The van der Waals surface area contributed by atoms with Gasteiger partial charge in [-0.2, -0.15) is 0 Å². The highest BCUT2D eigenvalue weighted by Gasteiger charge is 2.24. The van der Waals surface area contributed by atoms with Crippen LogP contribution in [0.15, 0.2) is 57.6 Å². The number of hydrogen-bond donors (Lipinski definition) is 2.